The van der Waals surface area contributed by atoms with Crippen LogP contribution in [0.4, 0.5) is 0 Å². The van der Waals surface area contributed by atoms with Gasteiger partial charge in [0.05, 0.1) is 5.69 Å². The van der Waals surface area contributed by atoms with Crippen LogP contribution in [0.2, 0.25) is 0 Å². The van der Waals surface area contributed by atoms with E-state index in [2.05, 4.69) is 63.5 Å². The molecule has 1 N–H and O–H groups in total. The number of ether oxygens (including phenoxy) is 1. The molecule has 1 aromatic heterocycles. The highest BCUT2D eigenvalue weighted by molar-refractivity contribution is 5.50. The van der Waals surface area contributed by atoms with Crippen LogP contribution in [0.1, 0.15) is 61.5 Å². The zero-order chi connectivity index (χ0) is 22.5. The summed E-state index contributed by atoms with van der Waals surface area (Å²) in [5.74, 6) is 0.923. The predicted octanol–water partition coefficient (Wildman–Crippen LogP) is 4.35. The molecule has 0 bridgehead atoms. The quantitative estimate of drug-likeness (QED) is 0.684. The molecule has 2 aliphatic heterocycles. The standard InChI is InChI=1S/C27H36N4O2/c32-27-28-25-7-2-3-8-26(25)31(27)23-13-18-30(19-14-23)21-22-9-11-24(12-10-22)33-20-6-17-29-15-4-1-5-16-29/h2,6-7,9-12,17,23H,1,3-5,8,13-16,18-21H2,(H,28,32)/b17-6+. The second-order valence-corrected chi connectivity index (χ2v) is 9.55. The van der Waals surface area contributed by atoms with E-state index in [4.69, 9.17) is 4.74 Å². The van der Waals surface area contributed by atoms with Crippen LogP contribution < -0.4 is 10.4 Å². The number of hydrogen-bond acceptors (Lipinski definition) is 4. The zero-order valence-corrected chi connectivity index (χ0v) is 19.5. The number of likely N-dealkylation sites (tertiary alicyclic amines) is 2. The molecule has 6 nitrogen and oxygen atoms in total. The molecule has 176 valence electrons. The first kappa shape index (κ1) is 22.1. The molecule has 0 unspecified atom stereocenters. The lowest BCUT2D eigenvalue weighted by Crippen LogP contribution is -2.37. The molecule has 0 radical (unpaired) electrons. The number of H-pyrrole nitrogens is 1. The third kappa shape index (κ3) is 5.44. The monoisotopic (exact) mass is 448 g/mol. The van der Waals surface area contributed by atoms with Gasteiger partial charge in [-0.15, -0.1) is 0 Å². The molecule has 0 atom stereocenters. The Morgan fingerprint density at radius 1 is 1.03 bits per heavy atom. The van der Waals surface area contributed by atoms with Crippen molar-refractivity contribution in [1.82, 2.24) is 19.4 Å². The number of allylic oxidation sites excluding steroid dienone is 1. The number of nitrogens with zero attached hydrogens (tertiary/aromatic N) is 3. The number of fused-ring (bicyclic) bond motifs is 1. The van der Waals surface area contributed by atoms with E-state index in [1.165, 1.54) is 43.6 Å². The Hall–Kier alpha value is -2.73. The third-order valence-corrected chi connectivity index (χ3v) is 7.20. The molecule has 2 fully saturated rings. The summed E-state index contributed by atoms with van der Waals surface area (Å²) >= 11 is 0. The van der Waals surface area contributed by atoms with Gasteiger partial charge in [-0.3, -0.25) is 9.47 Å². The Kier molecular flexibility index (Phi) is 7.01. The van der Waals surface area contributed by atoms with Crippen molar-refractivity contribution >= 4 is 6.08 Å². The van der Waals surface area contributed by atoms with E-state index < -0.39 is 0 Å². The van der Waals surface area contributed by atoms with E-state index in [0.717, 1.165) is 56.8 Å². The Bertz CT molecular complexity index is 1020. The molecule has 3 heterocycles. The molecule has 1 aromatic carbocycles. The molecule has 0 amide bonds. The van der Waals surface area contributed by atoms with Crippen molar-refractivity contribution in [3.8, 4) is 5.75 Å². The first-order valence-electron chi connectivity index (χ1n) is 12.6. The smallest absolute Gasteiger partial charge is 0.326 e. The molecule has 6 heteroatoms. The molecule has 1 aliphatic carbocycles. The summed E-state index contributed by atoms with van der Waals surface area (Å²) in [6.45, 7) is 5.94. The van der Waals surface area contributed by atoms with Gasteiger partial charge in [0.15, 0.2) is 0 Å². The van der Waals surface area contributed by atoms with Crippen molar-refractivity contribution in [2.45, 2.75) is 57.5 Å². The summed E-state index contributed by atoms with van der Waals surface area (Å²) < 4.78 is 7.93. The van der Waals surface area contributed by atoms with Crippen molar-refractivity contribution < 1.29 is 4.74 Å². The highest BCUT2D eigenvalue weighted by Gasteiger charge is 2.25. The van der Waals surface area contributed by atoms with Crippen LogP contribution in [0.15, 0.2) is 47.4 Å². The second-order valence-electron chi connectivity index (χ2n) is 9.55. The Morgan fingerprint density at radius 3 is 2.61 bits per heavy atom. The average molecular weight is 449 g/mol. The maximum absolute atomic E-state index is 12.5. The summed E-state index contributed by atoms with van der Waals surface area (Å²) in [4.78, 5) is 20.5. The molecular weight excluding hydrogens is 412 g/mol. The number of imidazole rings is 1. The number of aromatic nitrogens is 2. The first-order valence-corrected chi connectivity index (χ1v) is 12.6. The van der Waals surface area contributed by atoms with Gasteiger partial charge in [-0.25, -0.2) is 4.79 Å². The van der Waals surface area contributed by atoms with Gasteiger partial charge in [0.25, 0.3) is 0 Å². The summed E-state index contributed by atoms with van der Waals surface area (Å²) in [6.07, 6.45) is 16.5. The van der Waals surface area contributed by atoms with Gasteiger partial charge >= 0.3 is 5.69 Å². The van der Waals surface area contributed by atoms with Crippen LogP contribution in [0.5, 0.6) is 5.75 Å². The molecule has 33 heavy (non-hydrogen) atoms. The number of benzene rings is 1. The van der Waals surface area contributed by atoms with Crippen LogP contribution in [0, 0.1) is 0 Å². The van der Waals surface area contributed by atoms with Gasteiger partial charge < -0.3 is 14.6 Å². The lowest BCUT2D eigenvalue weighted by Gasteiger charge is -2.33. The normalized spacial score (nSPS) is 19.8. The van der Waals surface area contributed by atoms with Gasteiger partial charge in [-0.05, 0) is 81.0 Å². The van der Waals surface area contributed by atoms with E-state index in [0.29, 0.717) is 12.6 Å². The Balaban J connectivity index is 1.08. The minimum absolute atomic E-state index is 0.0614. The van der Waals surface area contributed by atoms with E-state index >= 15 is 0 Å². The lowest BCUT2D eigenvalue weighted by atomic mass is 10.0. The van der Waals surface area contributed by atoms with E-state index in [1.54, 1.807) is 0 Å². The number of hydrogen-bond donors (Lipinski definition) is 1. The van der Waals surface area contributed by atoms with E-state index in [-0.39, 0.29) is 5.69 Å². The largest absolute Gasteiger partial charge is 0.489 e. The van der Waals surface area contributed by atoms with Crippen LogP contribution in [0.3, 0.4) is 0 Å². The Morgan fingerprint density at radius 2 is 1.82 bits per heavy atom. The molecule has 0 spiro atoms. The van der Waals surface area contributed by atoms with Gasteiger partial charge in [0.1, 0.15) is 12.4 Å². The summed E-state index contributed by atoms with van der Waals surface area (Å²) in [5, 5.41) is 0. The SMILES string of the molecule is O=c1[nH]c2c(n1C1CCN(Cc3ccc(OC/C=C/N4CCCCC4)cc3)CC1)CCC=C2. The topological polar surface area (TPSA) is 53.5 Å². The van der Waals surface area contributed by atoms with Gasteiger partial charge in [-0.2, -0.15) is 0 Å². The molecule has 0 saturated carbocycles. The van der Waals surface area contributed by atoms with Gasteiger partial charge in [0.2, 0.25) is 0 Å². The summed E-state index contributed by atoms with van der Waals surface area (Å²) in [6, 6.07) is 8.82. The average Bonchev–Trinajstić information content (AvgIpc) is 3.20. The van der Waals surface area contributed by atoms with Crippen LogP contribution >= 0.6 is 0 Å². The van der Waals surface area contributed by atoms with Gasteiger partial charge in [-0.1, -0.05) is 18.2 Å². The van der Waals surface area contributed by atoms with Gasteiger partial charge in [0, 0.05) is 44.5 Å². The molecule has 2 aromatic rings. The highest BCUT2D eigenvalue weighted by atomic mass is 16.5. The van der Waals surface area contributed by atoms with Crippen molar-refractivity contribution in [1.29, 1.82) is 0 Å². The number of piperidine rings is 2. The number of aromatic amines is 1. The minimum atomic E-state index is 0.0614. The molecule has 3 aliphatic rings. The molecule has 5 rings (SSSR count). The van der Waals surface area contributed by atoms with Crippen molar-refractivity contribution in [2.24, 2.45) is 0 Å². The molecule has 2 saturated heterocycles. The summed E-state index contributed by atoms with van der Waals surface area (Å²) in [7, 11) is 0. The number of nitrogens with one attached hydrogen (secondary N) is 1. The van der Waals surface area contributed by atoms with Crippen LogP contribution in [0.25, 0.3) is 6.08 Å². The van der Waals surface area contributed by atoms with E-state index in [1.807, 2.05) is 4.57 Å². The minimum Gasteiger partial charge on any atom is -0.489 e. The highest BCUT2D eigenvalue weighted by Crippen LogP contribution is 2.27. The van der Waals surface area contributed by atoms with Crippen LogP contribution in [-0.2, 0) is 13.0 Å². The van der Waals surface area contributed by atoms with Crippen molar-refractivity contribution in [3.05, 3.63) is 70.1 Å². The summed E-state index contributed by atoms with van der Waals surface area (Å²) in [5.41, 5.74) is 3.58. The first-order chi connectivity index (χ1) is 16.3. The second kappa shape index (κ2) is 10.5. The Labute approximate surface area is 196 Å². The van der Waals surface area contributed by atoms with E-state index in [9.17, 15) is 4.79 Å². The maximum atomic E-state index is 12.5. The predicted molar refractivity (Wildman–Crippen MR) is 132 cm³/mol. The third-order valence-electron chi connectivity index (χ3n) is 7.20. The van der Waals surface area contributed by atoms with Crippen LogP contribution in [-0.4, -0.2) is 52.1 Å². The fourth-order valence-corrected chi connectivity index (χ4v) is 5.39. The zero-order valence-electron chi connectivity index (χ0n) is 19.5. The molecular formula is C27H36N4O2. The maximum Gasteiger partial charge on any atom is 0.326 e. The number of rotatable bonds is 7. The van der Waals surface area contributed by atoms with Crippen molar-refractivity contribution in [3.63, 3.8) is 0 Å². The lowest BCUT2D eigenvalue weighted by molar-refractivity contribution is 0.176. The fourth-order valence-electron chi connectivity index (χ4n) is 5.39. The fraction of sp³-hybridized carbons (Fsp3) is 0.519. The van der Waals surface area contributed by atoms with Crippen molar-refractivity contribution in [2.75, 3.05) is 32.8 Å².